The second-order valence-corrected chi connectivity index (χ2v) is 9.52. The van der Waals surface area contributed by atoms with Gasteiger partial charge in [0.2, 0.25) is 0 Å². The highest BCUT2D eigenvalue weighted by molar-refractivity contribution is 8.20. The van der Waals surface area contributed by atoms with E-state index in [9.17, 15) is 10.1 Å². The van der Waals surface area contributed by atoms with Crippen LogP contribution in [0.15, 0.2) is 52.4 Å². The number of likely N-dealkylation sites (tertiary alicyclic amines) is 1. The Morgan fingerprint density at radius 2 is 1.85 bits per heavy atom. The molecule has 0 atom stereocenters. The van der Waals surface area contributed by atoms with Crippen molar-refractivity contribution in [2.45, 2.75) is 33.1 Å². The minimum atomic E-state index is -0.309. The van der Waals surface area contributed by atoms with Crippen LogP contribution in [0.1, 0.15) is 18.5 Å². The molecular weight excluding hydrogens is 425 g/mol. The van der Waals surface area contributed by atoms with Crippen molar-refractivity contribution in [1.82, 2.24) is 9.88 Å². The highest BCUT2D eigenvalue weighted by atomic mass is 35.5. The van der Waals surface area contributed by atoms with Crippen LogP contribution in [0.3, 0.4) is 0 Å². The summed E-state index contributed by atoms with van der Waals surface area (Å²) in [6, 6.07) is 11.3. The van der Waals surface area contributed by atoms with Crippen molar-refractivity contribution >= 4 is 54.0 Å². The molecule has 0 radical (unpaired) electrons. The van der Waals surface area contributed by atoms with Crippen molar-refractivity contribution in [1.29, 1.82) is 0 Å². The van der Waals surface area contributed by atoms with Gasteiger partial charge in [-0.15, -0.1) is 48.3 Å². The number of nitro groups is 1. The molecule has 1 saturated heterocycles. The molecule has 0 bridgehead atoms. The Hall–Kier alpha value is -0.990. The number of hydrogen-bond acceptors (Lipinski definition) is 6. The molecule has 0 unspecified atom stereocenters. The Morgan fingerprint density at radius 3 is 2.52 bits per heavy atom. The standard InChI is InChI=1S/C18H19N3O2S2.2ClH/c22-21(23)15-4-5-16-17(13-15)25-18(24-16)7-11-20(12-8-18)10-6-14-3-1-2-9-19-14;;/h1-5,9,13H,6-8,10-12H2;2*1H. The quantitative estimate of drug-likeness (QED) is 0.483. The van der Waals surface area contributed by atoms with E-state index in [2.05, 4.69) is 16.0 Å². The van der Waals surface area contributed by atoms with E-state index in [1.807, 2.05) is 47.9 Å². The molecular formula is C18H21Cl2N3O2S2. The van der Waals surface area contributed by atoms with Crippen LogP contribution in [-0.2, 0) is 6.42 Å². The molecule has 1 spiro atoms. The molecule has 27 heavy (non-hydrogen) atoms. The summed E-state index contributed by atoms with van der Waals surface area (Å²) < 4.78 is 0.152. The van der Waals surface area contributed by atoms with Crippen molar-refractivity contribution in [2.24, 2.45) is 0 Å². The van der Waals surface area contributed by atoms with Crippen LogP contribution in [0.2, 0.25) is 0 Å². The zero-order valence-electron chi connectivity index (χ0n) is 14.6. The minimum Gasteiger partial charge on any atom is -0.303 e. The number of rotatable bonds is 4. The number of piperidine rings is 1. The molecule has 0 N–H and O–H groups in total. The fourth-order valence-corrected chi connectivity index (χ4v) is 6.51. The Bertz CT molecular complexity index is 787. The van der Waals surface area contributed by atoms with Gasteiger partial charge in [-0.2, -0.15) is 0 Å². The smallest absolute Gasteiger partial charge is 0.270 e. The highest BCUT2D eigenvalue weighted by Gasteiger charge is 2.42. The lowest BCUT2D eigenvalue weighted by atomic mass is 10.1. The molecule has 4 rings (SSSR count). The van der Waals surface area contributed by atoms with Crippen molar-refractivity contribution in [3.05, 3.63) is 58.4 Å². The summed E-state index contributed by atoms with van der Waals surface area (Å²) in [7, 11) is 0. The van der Waals surface area contributed by atoms with Gasteiger partial charge in [-0.3, -0.25) is 15.1 Å². The van der Waals surface area contributed by atoms with E-state index in [4.69, 9.17) is 0 Å². The molecule has 0 amide bonds. The molecule has 2 aliphatic heterocycles. The van der Waals surface area contributed by atoms with Crippen molar-refractivity contribution in [2.75, 3.05) is 19.6 Å². The number of nitro benzene ring substituents is 1. The average Bonchev–Trinajstić information content (AvgIpc) is 2.99. The number of fused-ring (bicyclic) bond motifs is 1. The summed E-state index contributed by atoms with van der Waals surface area (Å²) in [5.74, 6) is 0. The van der Waals surface area contributed by atoms with Crippen molar-refractivity contribution < 1.29 is 4.92 Å². The van der Waals surface area contributed by atoms with Gasteiger partial charge in [0.15, 0.2) is 0 Å². The minimum absolute atomic E-state index is 0. The maximum atomic E-state index is 11.0. The van der Waals surface area contributed by atoms with Crippen LogP contribution < -0.4 is 0 Å². The third-order valence-electron chi connectivity index (χ3n) is 4.76. The van der Waals surface area contributed by atoms with Crippen molar-refractivity contribution in [3.63, 3.8) is 0 Å². The van der Waals surface area contributed by atoms with Gasteiger partial charge in [-0.1, -0.05) is 6.07 Å². The van der Waals surface area contributed by atoms with Gasteiger partial charge in [-0.25, -0.2) is 0 Å². The zero-order chi connectivity index (χ0) is 17.3. The first-order chi connectivity index (χ1) is 12.1. The van der Waals surface area contributed by atoms with Gasteiger partial charge in [0, 0.05) is 59.9 Å². The zero-order valence-corrected chi connectivity index (χ0v) is 17.8. The Balaban J connectivity index is 0.00000131. The van der Waals surface area contributed by atoms with E-state index < -0.39 is 0 Å². The van der Waals surface area contributed by atoms with Crippen LogP contribution in [0.5, 0.6) is 0 Å². The molecule has 9 heteroatoms. The van der Waals surface area contributed by atoms with Gasteiger partial charge in [0.25, 0.3) is 5.69 Å². The van der Waals surface area contributed by atoms with Crippen LogP contribution >= 0.6 is 48.3 Å². The molecule has 2 aliphatic rings. The second-order valence-electron chi connectivity index (χ2n) is 6.42. The largest absolute Gasteiger partial charge is 0.303 e. The Kier molecular flexibility index (Phi) is 7.83. The fourth-order valence-electron chi connectivity index (χ4n) is 3.34. The first-order valence-electron chi connectivity index (χ1n) is 8.42. The van der Waals surface area contributed by atoms with Gasteiger partial charge < -0.3 is 4.90 Å². The SMILES string of the molecule is Cl.Cl.O=[N+]([O-])c1ccc2c(c1)SC1(CCN(CCc3ccccn3)CC1)S2. The molecule has 5 nitrogen and oxygen atoms in total. The molecule has 146 valence electrons. The van der Waals surface area contributed by atoms with Crippen LogP contribution in [-0.4, -0.2) is 38.5 Å². The third kappa shape index (κ3) is 5.09. The van der Waals surface area contributed by atoms with Gasteiger partial charge in [-0.05, 0) is 31.0 Å². The van der Waals surface area contributed by atoms with Crippen LogP contribution in [0.4, 0.5) is 5.69 Å². The van der Waals surface area contributed by atoms with Crippen LogP contribution in [0.25, 0.3) is 0 Å². The van der Waals surface area contributed by atoms with E-state index in [1.165, 1.54) is 4.90 Å². The summed E-state index contributed by atoms with van der Waals surface area (Å²) in [5, 5.41) is 11.0. The third-order valence-corrected chi connectivity index (χ3v) is 8.08. The number of non-ortho nitro benzene ring substituents is 1. The van der Waals surface area contributed by atoms with E-state index in [-0.39, 0.29) is 39.5 Å². The van der Waals surface area contributed by atoms with E-state index in [0.717, 1.165) is 49.5 Å². The van der Waals surface area contributed by atoms with Gasteiger partial charge >= 0.3 is 0 Å². The van der Waals surface area contributed by atoms with Gasteiger partial charge in [0.1, 0.15) is 0 Å². The predicted molar refractivity (Wildman–Crippen MR) is 116 cm³/mol. The molecule has 3 heterocycles. The number of hydrogen-bond donors (Lipinski definition) is 0. The molecule has 0 aliphatic carbocycles. The molecule has 1 aromatic carbocycles. The lowest BCUT2D eigenvalue weighted by molar-refractivity contribution is -0.385. The van der Waals surface area contributed by atoms with Gasteiger partial charge in [0.05, 0.1) is 9.00 Å². The summed E-state index contributed by atoms with van der Waals surface area (Å²) >= 11 is 3.72. The highest BCUT2D eigenvalue weighted by Crippen LogP contribution is 2.60. The molecule has 1 fully saturated rings. The monoisotopic (exact) mass is 445 g/mol. The number of halogens is 2. The number of nitrogens with zero attached hydrogens (tertiary/aromatic N) is 3. The van der Waals surface area contributed by atoms with E-state index in [0.29, 0.717) is 0 Å². The maximum Gasteiger partial charge on any atom is 0.270 e. The fraction of sp³-hybridized carbons (Fsp3) is 0.389. The summed E-state index contributed by atoms with van der Waals surface area (Å²) in [5.41, 5.74) is 1.34. The number of aromatic nitrogens is 1. The second kappa shape index (κ2) is 9.47. The van der Waals surface area contributed by atoms with E-state index in [1.54, 1.807) is 12.1 Å². The summed E-state index contributed by atoms with van der Waals surface area (Å²) in [4.78, 5) is 19.8. The predicted octanol–water partition coefficient (Wildman–Crippen LogP) is 5.07. The lowest BCUT2D eigenvalue weighted by Gasteiger charge is -2.37. The molecule has 0 saturated carbocycles. The van der Waals surface area contributed by atoms with Crippen LogP contribution in [0, 0.1) is 10.1 Å². The average molecular weight is 446 g/mol. The summed E-state index contributed by atoms with van der Waals surface area (Å²) in [6.45, 7) is 3.19. The first kappa shape index (κ1) is 22.3. The Morgan fingerprint density at radius 1 is 1.11 bits per heavy atom. The number of thioether (sulfide) groups is 2. The lowest BCUT2D eigenvalue weighted by Crippen LogP contribution is -2.40. The topological polar surface area (TPSA) is 59.3 Å². The molecule has 1 aromatic heterocycles. The molecule has 2 aromatic rings. The number of pyridine rings is 1. The Labute approximate surface area is 179 Å². The van der Waals surface area contributed by atoms with Crippen molar-refractivity contribution in [3.8, 4) is 0 Å². The van der Waals surface area contributed by atoms with E-state index >= 15 is 0 Å². The first-order valence-corrected chi connectivity index (χ1v) is 10.1. The maximum absolute atomic E-state index is 11.0. The summed E-state index contributed by atoms with van der Waals surface area (Å²) in [6.07, 6.45) is 5.04. The normalized spacial score (nSPS) is 17.6. The number of benzene rings is 1.